The molecule has 0 radical (unpaired) electrons. The smallest absolute Gasteiger partial charge is 0.330 e. The standard InChI is InChI=1S/C17H13BrN4O3/c18-14-8-4-7-13(9-14)15(23)11-25-16(24)10-22-20-17(19-21-22)12-5-2-1-3-6-12/h1-9H,10-11H2. The van der Waals surface area contributed by atoms with Gasteiger partial charge in [0.2, 0.25) is 5.82 Å². The molecule has 0 aliphatic carbocycles. The quantitative estimate of drug-likeness (QED) is 0.466. The normalized spacial score (nSPS) is 10.4. The molecule has 25 heavy (non-hydrogen) atoms. The second kappa shape index (κ2) is 7.80. The van der Waals surface area contributed by atoms with Crippen LogP contribution in [0, 0.1) is 0 Å². The summed E-state index contributed by atoms with van der Waals surface area (Å²) in [6.45, 7) is -0.554. The molecule has 0 N–H and O–H groups in total. The SMILES string of the molecule is O=C(Cn1nnc(-c2ccccc2)n1)OCC(=O)c1cccc(Br)c1. The monoisotopic (exact) mass is 400 g/mol. The Kier molecular flexibility index (Phi) is 5.30. The van der Waals surface area contributed by atoms with Gasteiger partial charge in [-0.15, -0.1) is 10.2 Å². The van der Waals surface area contributed by atoms with Crippen molar-refractivity contribution in [3.05, 3.63) is 64.6 Å². The van der Waals surface area contributed by atoms with E-state index in [9.17, 15) is 9.59 Å². The van der Waals surface area contributed by atoms with Crippen LogP contribution in [0.25, 0.3) is 11.4 Å². The van der Waals surface area contributed by atoms with Gasteiger partial charge in [0, 0.05) is 15.6 Å². The second-order valence-corrected chi connectivity index (χ2v) is 6.02. The number of ether oxygens (including phenoxy) is 1. The first-order valence-corrected chi connectivity index (χ1v) is 8.19. The van der Waals surface area contributed by atoms with Crippen molar-refractivity contribution >= 4 is 27.7 Å². The number of carbonyl (C=O) groups excluding carboxylic acids is 2. The van der Waals surface area contributed by atoms with Crippen LogP contribution in [-0.4, -0.2) is 38.6 Å². The minimum atomic E-state index is -0.611. The number of halogens is 1. The Morgan fingerprint density at radius 2 is 1.88 bits per heavy atom. The van der Waals surface area contributed by atoms with Crippen molar-refractivity contribution in [2.45, 2.75) is 6.54 Å². The maximum Gasteiger partial charge on any atom is 0.330 e. The van der Waals surface area contributed by atoms with Gasteiger partial charge in [0.05, 0.1) is 0 Å². The molecular weight excluding hydrogens is 388 g/mol. The van der Waals surface area contributed by atoms with E-state index in [0.717, 1.165) is 14.8 Å². The van der Waals surface area contributed by atoms with Crippen molar-refractivity contribution in [1.29, 1.82) is 0 Å². The van der Waals surface area contributed by atoms with Crippen LogP contribution in [0.15, 0.2) is 59.1 Å². The van der Waals surface area contributed by atoms with Crippen molar-refractivity contribution in [1.82, 2.24) is 20.2 Å². The molecule has 1 aromatic heterocycles. The summed E-state index contributed by atoms with van der Waals surface area (Å²) in [6.07, 6.45) is 0. The van der Waals surface area contributed by atoms with Crippen LogP contribution in [-0.2, 0) is 16.1 Å². The number of carbonyl (C=O) groups is 2. The predicted molar refractivity (Wildman–Crippen MR) is 92.7 cm³/mol. The van der Waals surface area contributed by atoms with Gasteiger partial charge < -0.3 is 4.74 Å². The fraction of sp³-hybridized carbons (Fsp3) is 0.118. The highest BCUT2D eigenvalue weighted by Crippen LogP contribution is 2.13. The third-order valence-electron chi connectivity index (χ3n) is 3.27. The van der Waals surface area contributed by atoms with Gasteiger partial charge in [-0.2, -0.15) is 4.80 Å². The Hall–Kier alpha value is -2.87. The van der Waals surface area contributed by atoms with Gasteiger partial charge in [-0.25, -0.2) is 4.79 Å². The van der Waals surface area contributed by atoms with Crippen LogP contribution >= 0.6 is 15.9 Å². The van der Waals surface area contributed by atoms with Crippen molar-refractivity contribution in [3.63, 3.8) is 0 Å². The van der Waals surface area contributed by atoms with Gasteiger partial charge in [0.25, 0.3) is 0 Å². The Labute approximate surface area is 151 Å². The van der Waals surface area contributed by atoms with Gasteiger partial charge in [0.15, 0.2) is 18.9 Å². The van der Waals surface area contributed by atoms with Crippen LogP contribution in [0.2, 0.25) is 0 Å². The van der Waals surface area contributed by atoms with E-state index in [4.69, 9.17) is 4.74 Å². The molecule has 0 aliphatic rings. The Morgan fingerprint density at radius 1 is 1.08 bits per heavy atom. The molecule has 1 heterocycles. The predicted octanol–water partition coefficient (Wildman–Crippen LogP) is 2.53. The summed E-state index contributed by atoms with van der Waals surface area (Å²) in [5, 5.41) is 11.8. The van der Waals surface area contributed by atoms with E-state index >= 15 is 0 Å². The lowest BCUT2D eigenvalue weighted by molar-refractivity contribution is -0.143. The third kappa shape index (κ3) is 4.57. The summed E-state index contributed by atoms with van der Waals surface area (Å²) in [6, 6.07) is 16.2. The Balaban J connectivity index is 1.55. The number of tetrazole rings is 1. The number of nitrogens with zero attached hydrogens (tertiary/aromatic N) is 4. The van der Waals surface area contributed by atoms with Gasteiger partial charge >= 0.3 is 5.97 Å². The van der Waals surface area contributed by atoms with Crippen LogP contribution in [0.5, 0.6) is 0 Å². The first kappa shape index (κ1) is 17.0. The van der Waals surface area contributed by atoms with Crippen LogP contribution < -0.4 is 0 Å². The summed E-state index contributed by atoms with van der Waals surface area (Å²) >= 11 is 3.29. The van der Waals surface area contributed by atoms with Gasteiger partial charge in [-0.3, -0.25) is 4.79 Å². The van der Waals surface area contributed by atoms with Gasteiger partial charge in [-0.05, 0) is 17.3 Å². The van der Waals surface area contributed by atoms with Crippen molar-refractivity contribution < 1.29 is 14.3 Å². The lowest BCUT2D eigenvalue weighted by Crippen LogP contribution is -2.19. The molecule has 0 amide bonds. The number of hydrogen-bond acceptors (Lipinski definition) is 6. The molecule has 0 aliphatic heterocycles. The van der Waals surface area contributed by atoms with Crippen LogP contribution in [0.1, 0.15) is 10.4 Å². The lowest BCUT2D eigenvalue weighted by atomic mass is 10.1. The Morgan fingerprint density at radius 3 is 2.64 bits per heavy atom. The van der Waals surface area contributed by atoms with E-state index in [1.807, 2.05) is 36.4 Å². The first-order valence-electron chi connectivity index (χ1n) is 7.39. The molecule has 0 unspecified atom stereocenters. The summed E-state index contributed by atoms with van der Waals surface area (Å²) in [5.74, 6) is -0.481. The molecule has 0 fully saturated rings. The zero-order valence-corrected chi connectivity index (χ0v) is 14.6. The first-order chi connectivity index (χ1) is 12.1. The number of hydrogen-bond donors (Lipinski definition) is 0. The topological polar surface area (TPSA) is 87.0 Å². The molecule has 7 nitrogen and oxygen atoms in total. The highest BCUT2D eigenvalue weighted by Gasteiger charge is 2.13. The molecule has 0 atom stereocenters. The van der Waals surface area contributed by atoms with Crippen molar-refractivity contribution in [2.75, 3.05) is 6.61 Å². The number of Topliss-reactive ketones (excluding diaryl/α,β-unsaturated/α-hetero) is 1. The average molecular weight is 401 g/mol. The van der Waals surface area contributed by atoms with E-state index < -0.39 is 5.97 Å². The molecule has 2 aromatic carbocycles. The number of esters is 1. The number of benzene rings is 2. The average Bonchev–Trinajstić information content (AvgIpc) is 3.09. The minimum absolute atomic E-state index is 0.217. The summed E-state index contributed by atoms with van der Waals surface area (Å²) in [5.41, 5.74) is 1.26. The van der Waals surface area contributed by atoms with Gasteiger partial charge in [-0.1, -0.05) is 58.4 Å². The van der Waals surface area contributed by atoms with E-state index in [1.165, 1.54) is 0 Å². The van der Waals surface area contributed by atoms with E-state index in [2.05, 4.69) is 31.3 Å². The summed E-state index contributed by atoms with van der Waals surface area (Å²) in [4.78, 5) is 25.0. The molecule has 3 rings (SSSR count). The zero-order chi connectivity index (χ0) is 17.6. The molecule has 126 valence electrons. The highest BCUT2D eigenvalue weighted by molar-refractivity contribution is 9.10. The van der Waals surface area contributed by atoms with Crippen molar-refractivity contribution in [2.24, 2.45) is 0 Å². The lowest BCUT2D eigenvalue weighted by Gasteiger charge is -2.04. The molecule has 0 saturated heterocycles. The van der Waals surface area contributed by atoms with Crippen LogP contribution in [0.3, 0.4) is 0 Å². The summed E-state index contributed by atoms with van der Waals surface area (Å²) in [7, 11) is 0. The van der Waals surface area contributed by atoms with E-state index in [-0.39, 0.29) is 18.9 Å². The summed E-state index contributed by atoms with van der Waals surface area (Å²) < 4.78 is 5.77. The van der Waals surface area contributed by atoms with Crippen molar-refractivity contribution in [3.8, 4) is 11.4 Å². The maximum atomic E-state index is 12.0. The zero-order valence-electron chi connectivity index (χ0n) is 13.0. The third-order valence-corrected chi connectivity index (χ3v) is 3.76. The van der Waals surface area contributed by atoms with Gasteiger partial charge in [0.1, 0.15) is 0 Å². The molecular formula is C17H13BrN4O3. The molecule has 3 aromatic rings. The minimum Gasteiger partial charge on any atom is -0.456 e. The fourth-order valence-electron chi connectivity index (χ4n) is 2.07. The van der Waals surface area contributed by atoms with Crippen LogP contribution in [0.4, 0.5) is 0 Å². The molecule has 0 bridgehead atoms. The van der Waals surface area contributed by atoms with E-state index in [0.29, 0.717) is 11.4 Å². The number of aromatic nitrogens is 4. The molecule has 0 saturated carbocycles. The fourth-order valence-corrected chi connectivity index (χ4v) is 2.46. The Bertz CT molecular complexity index is 896. The molecule has 0 spiro atoms. The van der Waals surface area contributed by atoms with E-state index in [1.54, 1.807) is 18.2 Å². The largest absolute Gasteiger partial charge is 0.456 e. The second-order valence-electron chi connectivity index (χ2n) is 5.10. The molecule has 8 heteroatoms. The maximum absolute atomic E-state index is 12.0. The highest BCUT2D eigenvalue weighted by atomic mass is 79.9. The number of ketones is 1. The number of rotatable bonds is 6.